The van der Waals surface area contributed by atoms with Gasteiger partial charge in [0.25, 0.3) is 0 Å². The van der Waals surface area contributed by atoms with Crippen molar-refractivity contribution in [1.29, 1.82) is 0 Å². The minimum atomic E-state index is -0.195. The Bertz CT molecular complexity index is 405. The molecule has 0 saturated heterocycles. The smallest absolute Gasteiger partial charge is 0.237 e. The first-order valence-corrected chi connectivity index (χ1v) is 6.91. The van der Waals surface area contributed by atoms with E-state index in [9.17, 15) is 0 Å². The summed E-state index contributed by atoms with van der Waals surface area (Å²) in [4.78, 5) is 8.73. The van der Waals surface area contributed by atoms with Crippen molar-refractivity contribution in [3.63, 3.8) is 0 Å². The summed E-state index contributed by atoms with van der Waals surface area (Å²) < 4.78 is 11.2. The Labute approximate surface area is 114 Å². The van der Waals surface area contributed by atoms with Gasteiger partial charge in [-0.25, -0.2) is 4.98 Å². The monoisotopic (exact) mass is 265 g/mol. The lowest BCUT2D eigenvalue weighted by molar-refractivity contribution is -0.0382. The van der Waals surface area contributed by atoms with E-state index in [4.69, 9.17) is 9.47 Å². The number of hydrogen-bond donors (Lipinski definition) is 1. The van der Waals surface area contributed by atoms with Gasteiger partial charge in [-0.15, -0.1) is 0 Å². The van der Waals surface area contributed by atoms with Crippen LogP contribution in [0.15, 0.2) is 12.4 Å². The molecule has 1 aromatic rings. The van der Waals surface area contributed by atoms with E-state index in [1.54, 1.807) is 26.6 Å². The van der Waals surface area contributed by atoms with Crippen LogP contribution in [-0.2, 0) is 4.74 Å². The molecule has 1 heterocycles. The third-order valence-corrected chi connectivity index (χ3v) is 3.95. The Kier molecular flexibility index (Phi) is 4.71. The average Bonchev–Trinajstić information content (AvgIpc) is 2.94. The maximum atomic E-state index is 5.88. The Morgan fingerprint density at radius 3 is 2.53 bits per heavy atom. The highest BCUT2D eigenvalue weighted by Crippen LogP contribution is 2.43. The van der Waals surface area contributed by atoms with Gasteiger partial charge in [-0.05, 0) is 19.4 Å². The molecule has 5 nitrogen and oxygen atoms in total. The Balaban J connectivity index is 2.38. The molecule has 1 aliphatic carbocycles. The van der Waals surface area contributed by atoms with Crippen LogP contribution in [0.4, 0.5) is 0 Å². The average molecular weight is 265 g/mol. The van der Waals surface area contributed by atoms with E-state index in [-0.39, 0.29) is 11.6 Å². The molecule has 1 unspecified atom stereocenters. The van der Waals surface area contributed by atoms with Crippen molar-refractivity contribution in [2.75, 3.05) is 20.8 Å². The van der Waals surface area contributed by atoms with Gasteiger partial charge in [-0.3, -0.25) is 4.98 Å². The van der Waals surface area contributed by atoms with Crippen LogP contribution >= 0.6 is 0 Å². The predicted octanol–water partition coefficient (Wildman–Crippen LogP) is 2.09. The minimum Gasteiger partial charge on any atom is -0.480 e. The Hall–Kier alpha value is -1.20. The molecule has 1 aliphatic rings. The van der Waals surface area contributed by atoms with Crippen molar-refractivity contribution in [3.05, 3.63) is 18.1 Å². The molecule has 0 spiro atoms. The van der Waals surface area contributed by atoms with Crippen molar-refractivity contribution in [3.8, 4) is 5.88 Å². The van der Waals surface area contributed by atoms with Crippen LogP contribution < -0.4 is 10.1 Å². The maximum absolute atomic E-state index is 5.88. The molecule has 1 N–H and O–H groups in total. The van der Waals surface area contributed by atoms with Crippen LogP contribution in [0.2, 0.25) is 0 Å². The molecule has 1 saturated carbocycles. The summed E-state index contributed by atoms with van der Waals surface area (Å²) in [5.41, 5.74) is 0.648. The summed E-state index contributed by atoms with van der Waals surface area (Å²) in [6, 6.07) is 0.0219. The second-order valence-electron chi connectivity index (χ2n) is 4.92. The molecule has 1 atom stereocenters. The van der Waals surface area contributed by atoms with Crippen molar-refractivity contribution in [2.24, 2.45) is 0 Å². The molecule has 5 heteroatoms. The van der Waals surface area contributed by atoms with E-state index >= 15 is 0 Å². The van der Waals surface area contributed by atoms with E-state index in [1.807, 2.05) is 0 Å². The van der Waals surface area contributed by atoms with Crippen LogP contribution in [0.25, 0.3) is 0 Å². The molecule has 19 heavy (non-hydrogen) atoms. The van der Waals surface area contributed by atoms with Crippen LogP contribution in [-0.4, -0.2) is 36.3 Å². The largest absolute Gasteiger partial charge is 0.480 e. The van der Waals surface area contributed by atoms with Gasteiger partial charge in [-0.1, -0.05) is 19.8 Å². The highest BCUT2D eigenvalue weighted by atomic mass is 16.5. The topological polar surface area (TPSA) is 56.3 Å². The van der Waals surface area contributed by atoms with E-state index in [1.165, 1.54) is 12.8 Å². The minimum absolute atomic E-state index is 0.0219. The number of likely N-dealkylation sites (N-methyl/N-ethyl adjacent to an activating group) is 1. The third kappa shape index (κ3) is 2.72. The van der Waals surface area contributed by atoms with Crippen LogP contribution in [0, 0.1) is 0 Å². The lowest BCUT2D eigenvalue weighted by Crippen LogP contribution is -2.44. The predicted molar refractivity (Wildman–Crippen MR) is 73.2 cm³/mol. The molecule has 0 bridgehead atoms. The van der Waals surface area contributed by atoms with Crippen molar-refractivity contribution in [1.82, 2.24) is 15.3 Å². The van der Waals surface area contributed by atoms with Crippen molar-refractivity contribution in [2.45, 2.75) is 44.2 Å². The second-order valence-corrected chi connectivity index (χ2v) is 4.92. The van der Waals surface area contributed by atoms with Gasteiger partial charge in [0.15, 0.2) is 0 Å². The van der Waals surface area contributed by atoms with E-state index in [0.29, 0.717) is 5.88 Å². The van der Waals surface area contributed by atoms with Gasteiger partial charge in [-0.2, -0.15) is 0 Å². The van der Waals surface area contributed by atoms with Gasteiger partial charge in [0.05, 0.1) is 18.8 Å². The number of hydrogen-bond acceptors (Lipinski definition) is 5. The van der Waals surface area contributed by atoms with Gasteiger partial charge >= 0.3 is 0 Å². The molecular weight excluding hydrogens is 242 g/mol. The molecule has 1 fully saturated rings. The fraction of sp³-hybridized carbons (Fsp3) is 0.714. The lowest BCUT2D eigenvalue weighted by atomic mass is 9.89. The van der Waals surface area contributed by atoms with Gasteiger partial charge < -0.3 is 14.8 Å². The number of rotatable bonds is 6. The molecule has 1 aromatic heterocycles. The zero-order valence-corrected chi connectivity index (χ0v) is 12.0. The number of methoxy groups -OCH3 is 2. The molecule has 106 valence electrons. The molecule has 0 radical (unpaired) electrons. The zero-order chi connectivity index (χ0) is 13.7. The summed E-state index contributed by atoms with van der Waals surface area (Å²) in [5, 5.41) is 3.50. The van der Waals surface area contributed by atoms with Crippen molar-refractivity contribution >= 4 is 0 Å². The Morgan fingerprint density at radius 1 is 1.26 bits per heavy atom. The van der Waals surface area contributed by atoms with Crippen LogP contribution in [0.1, 0.15) is 44.3 Å². The zero-order valence-electron chi connectivity index (χ0n) is 12.0. The number of aromatic nitrogens is 2. The molecule has 0 amide bonds. The first-order valence-electron chi connectivity index (χ1n) is 6.91. The summed E-state index contributed by atoms with van der Waals surface area (Å²) in [5.74, 6) is 0.580. The maximum Gasteiger partial charge on any atom is 0.237 e. The second kappa shape index (κ2) is 6.30. The number of nitrogens with one attached hydrogen (secondary N) is 1. The highest BCUT2D eigenvalue weighted by molar-refractivity contribution is 5.25. The van der Waals surface area contributed by atoms with E-state index < -0.39 is 0 Å². The molecular formula is C14H23N3O2. The normalized spacial score (nSPS) is 19.3. The number of nitrogens with zero attached hydrogens (tertiary/aromatic N) is 2. The SMILES string of the molecule is CCNC(c1nccnc1OC)C1(OC)CCCC1. The molecule has 2 rings (SSSR count). The van der Waals surface area contributed by atoms with Gasteiger partial charge in [0.1, 0.15) is 5.69 Å². The standard InChI is InChI=1S/C14H23N3O2/c1-4-15-12(14(19-3)7-5-6-8-14)11-13(18-2)17-10-9-16-11/h9-10,12,15H,4-8H2,1-3H3. The first kappa shape index (κ1) is 14.2. The quantitative estimate of drug-likeness (QED) is 0.853. The fourth-order valence-electron chi connectivity index (χ4n) is 3.01. The third-order valence-electron chi connectivity index (χ3n) is 3.95. The van der Waals surface area contributed by atoms with Crippen LogP contribution in [0.5, 0.6) is 5.88 Å². The summed E-state index contributed by atoms with van der Waals surface area (Å²) in [6.45, 7) is 2.95. The van der Waals surface area contributed by atoms with E-state index in [0.717, 1.165) is 25.1 Å². The fourth-order valence-corrected chi connectivity index (χ4v) is 3.01. The summed E-state index contributed by atoms with van der Waals surface area (Å²) in [6.07, 6.45) is 7.83. The van der Waals surface area contributed by atoms with Crippen LogP contribution in [0.3, 0.4) is 0 Å². The van der Waals surface area contributed by atoms with Gasteiger partial charge in [0, 0.05) is 19.5 Å². The Morgan fingerprint density at radius 2 is 1.95 bits per heavy atom. The summed E-state index contributed by atoms with van der Waals surface area (Å²) >= 11 is 0. The lowest BCUT2D eigenvalue weighted by Gasteiger charge is -2.36. The van der Waals surface area contributed by atoms with E-state index in [2.05, 4.69) is 22.2 Å². The van der Waals surface area contributed by atoms with Gasteiger partial charge in [0.2, 0.25) is 5.88 Å². The highest BCUT2D eigenvalue weighted by Gasteiger charge is 2.44. The number of ether oxygens (including phenoxy) is 2. The molecule has 0 aliphatic heterocycles. The summed E-state index contributed by atoms with van der Waals surface area (Å²) in [7, 11) is 3.42. The molecule has 0 aromatic carbocycles. The first-order chi connectivity index (χ1) is 9.27. The van der Waals surface area contributed by atoms with Crippen molar-refractivity contribution < 1.29 is 9.47 Å².